The van der Waals surface area contributed by atoms with Crippen LogP contribution in [0.2, 0.25) is 0 Å². The molecule has 0 bridgehead atoms. The van der Waals surface area contributed by atoms with E-state index in [1.54, 1.807) is 0 Å². The normalized spacial score (nSPS) is 10.1. The van der Waals surface area contributed by atoms with Gasteiger partial charge in [-0.15, -0.1) is 0 Å². The molecule has 0 amide bonds. The number of anilines is 2. The maximum absolute atomic E-state index is 6.81. The molecule has 0 atom stereocenters. The second-order valence-electron chi connectivity index (χ2n) is 2.59. The molecule has 14 heavy (non-hydrogen) atoms. The molecule has 0 aromatic carbocycles. The van der Waals surface area contributed by atoms with Gasteiger partial charge < -0.3 is 11.5 Å². The van der Waals surface area contributed by atoms with Crippen molar-refractivity contribution in [1.29, 1.82) is 5.53 Å². The molecular weight excluding hydrogens is 200 g/mol. The predicted octanol–water partition coefficient (Wildman–Crippen LogP) is 1.81. The Bertz CT molecular complexity index is 316. The Labute approximate surface area is 86.0 Å². The molecule has 1 rings (SSSR count). The van der Waals surface area contributed by atoms with Crippen molar-refractivity contribution in [1.82, 2.24) is 9.97 Å². The highest BCUT2D eigenvalue weighted by Crippen LogP contribution is 2.28. The summed E-state index contributed by atoms with van der Waals surface area (Å²) in [5, 5.41) is 3.69. The number of hydrogen-bond donors (Lipinski definition) is 3. The summed E-state index contributed by atoms with van der Waals surface area (Å²) in [6.45, 7) is 2.06. The molecule has 0 fully saturated rings. The Morgan fingerprint density at radius 3 is 2.36 bits per heavy atom. The fourth-order valence-corrected chi connectivity index (χ4v) is 1.55. The lowest BCUT2D eigenvalue weighted by atomic mass is 10.4. The SMILES string of the molecule is CCCSc1nc(N)c(N=N)c(N)n1. The zero-order chi connectivity index (χ0) is 10.6. The summed E-state index contributed by atoms with van der Waals surface area (Å²) in [7, 11) is 0. The molecule has 5 N–H and O–H groups in total. The first kappa shape index (κ1) is 10.7. The molecule has 0 aliphatic heterocycles. The minimum absolute atomic E-state index is 0.144. The van der Waals surface area contributed by atoms with Crippen molar-refractivity contribution in [2.75, 3.05) is 17.2 Å². The van der Waals surface area contributed by atoms with Crippen LogP contribution in [0.25, 0.3) is 0 Å². The molecule has 6 nitrogen and oxygen atoms in total. The molecule has 0 spiro atoms. The number of hydrogen-bond acceptors (Lipinski definition) is 7. The Hall–Kier alpha value is -1.37. The summed E-state index contributed by atoms with van der Waals surface area (Å²) in [4.78, 5) is 7.96. The van der Waals surface area contributed by atoms with E-state index < -0.39 is 0 Å². The molecule has 1 aromatic heterocycles. The molecule has 0 aliphatic carbocycles. The number of aromatic nitrogens is 2. The van der Waals surface area contributed by atoms with Crippen LogP contribution in [0.15, 0.2) is 10.3 Å². The van der Waals surface area contributed by atoms with E-state index in [1.165, 1.54) is 11.8 Å². The average Bonchev–Trinajstić information content (AvgIpc) is 2.14. The Morgan fingerprint density at radius 1 is 1.36 bits per heavy atom. The van der Waals surface area contributed by atoms with Gasteiger partial charge in [-0.1, -0.05) is 18.7 Å². The van der Waals surface area contributed by atoms with Gasteiger partial charge in [-0.25, -0.2) is 15.5 Å². The number of nitrogen functional groups attached to an aromatic ring is 2. The summed E-state index contributed by atoms with van der Waals surface area (Å²) in [6, 6.07) is 0. The van der Waals surface area contributed by atoms with Crippen LogP contribution in [-0.4, -0.2) is 15.7 Å². The van der Waals surface area contributed by atoms with E-state index in [2.05, 4.69) is 22.0 Å². The fourth-order valence-electron chi connectivity index (χ4n) is 0.841. The number of nitrogens with two attached hydrogens (primary N) is 2. The van der Waals surface area contributed by atoms with E-state index in [1.807, 2.05) is 0 Å². The van der Waals surface area contributed by atoms with Crippen LogP contribution in [0.3, 0.4) is 0 Å². The van der Waals surface area contributed by atoms with E-state index >= 15 is 0 Å². The quantitative estimate of drug-likeness (QED) is 0.400. The van der Waals surface area contributed by atoms with Gasteiger partial charge >= 0.3 is 0 Å². The van der Waals surface area contributed by atoms with Gasteiger partial charge in [-0.2, -0.15) is 5.11 Å². The molecular formula is C7H12N6S. The molecule has 1 heterocycles. The maximum atomic E-state index is 6.81. The van der Waals surface area contributed by atoms with Gasteiger partial charge in [-0.3, -0.25) is 0 Å². The Morgan fingerprint density at radius 2 is 1.93 bits per heavy atom. The first-order chi connectivity index (χ1) is 6.69. The van der Waals surface area contributed by atoms with E-state index in [-0.39, 0.29) is 17.3 Å². The van der Waals surface area contributed by atoms with Crippen LogP contribution in [0.1, 0.15) is 13.3 Å². The summed E-state index contributed by atoms with van der Waals surface area (Å²) in [5.74, 6) is 1.23. The van der Waals surface area contributed by atoms with Gasteiger partial charge in [0.2, 0.25) is 0 Å². The summed E-state index contributed by atoms with van der Waals surface area (Å²) >= 11 is 1.48. The number of nitrogens with zero attached hydrogens (tertiary/aromatic N) is 3. The Kier molecular flexibility index (Phi) is 3.63. The molecule has 76 valence electrons. The third-order valence-electron chi connectivity index (χ3n) is 1.46. The third-order valence-corrected chi connectivity index (χ3v) is 2.52. The lowest BCUT2D eigenvalue weighted by molar-refractivity contribution is 0.965. The van der Waals surface area contributed by atoms with Crippen molar-refractivity contribution in [3.05, 3.63) is 0 Å². The highest BCUT2D eigenvalue weighted by Gasteiger charge is 2.08. The van der Waals surface area contributed by atoms with Crippen LogP contribution in [0, 0.1) is 5.53 Å². The topological polar surface area (TPSA) is 114 Å². The number of rotatable bonds is 4. The van der Waals surface area contributed by atoms with Crippen LogP contribution < -0.4 is 11.5 Å². The van der Waals surface area contributed by atoms with Crippen LogP contribution in [0.4, 0.5) is 17.3 Å². The minimum Gasteiger partial charge on any atom is -0.382 e. The standard InChI is InChI=1S/C7H12N6S/c1-2-3-14-7-11-5(8)4(13-10)6(9)12-7/h10H,2-3H2,1H3,(H4,8,9,11,12). The molecule has 0 saturated heterocycles. The van der Waals surface area contributed by atoms with Gasteiger partial charge in [0.1, 0.15) is 0 Å². The average molecular weight is 212 g/mol. The predicted molar refractivity (Wildman–Crippen MR) is 56.7 cm³/mol. The lowest BCUT2D eigenvalue weighted by Gasteiger charge is -2.04. The van der Waals surface area contributed by atoms with Crippen LogP contribution >= 0.6 is 11.8 Å². The van der Waals surface area contributed by atoms with Crippen molar-refractivity contribution in [2.24, 2.45) is 5.11 Å². The molecule has 0 aliphatic rings. The third kappa shape index (κ3) is 2.32. The van der Waals surface area contributed by atoms with Gasteiger partial charge in [0.15, 0.2) is 22.5 Å². The summed E-state index contributed by atoms with van der Waals surface area (Å²) in [5.41, 5.74) is 18.0. The number of nitrogens with one attached hydrogen (secondary N) is 1. The summed E-state index contributed by atoms with van der Waals surface area (Å²) in [6.07, 6.45) is 1.03. The zero-order valence-electron chi connectivity index (χ0n) is 7.82. The fraction of sp³-hybridized carbons (Fsp3) is 0.429. The highest BCUT2D eigenvalue weighted by molar-refractivity contribution is 7.99. The van der Waals surface area contributed by atoms with Gasteiger partial charge in [-0.05, 0) is 6.42 Å². The number of thioether (sulfide) groups is 1. The van der Waals surface area contributed by atoms with Crippen LogP contribution in [0.5, 0.6) is 0 Å². The molecule has 7 heteroatoms. The Balaban J connectivity index is 2.95. The van der Waals surface area contributed by atoms with E-state index in [4.69, 9.17) is 17.0 Å². The van der Waals surface area contributed by atoms with Crippen molar-refractivity contribution < 1.29 is 0 Å². The van der Waals surface area contributed by atoms with E-state index in [0.29, 0.717) is 5.16 Å². The second-order valence-corrected chi connectivity index (χ2v) is 3.65. The molecule has 0 unspecified atom stereocenters. The van der Waals surface area contributed by atoms with E-state index in [0.717, 1.165) is 12.2 Å². The van der Waals surface area contributed by atoms with Crippen LogP contribution in [-0.2, 0) is 0 Å². The van der Waals surface area contributed by atoms with Crippen molar-refractivity contribution >= 4 is 29.1 Å². The molecule has 1 aromatic rings. The smallest absolute Gasteiger partial charge is 0.191 e. The van der Waals surface area contributed by atoms with Crippen molar-refractivity contribution in [2.45, 2.75) is 18.5 Å². The van der Waals surface area contributed by atoms with Gasteiger partial charge in [0, 0.05) is 5.75 Å². The zero-order valence-corrected chi connectivity index (χ0v) is 8.64. The monoisotopic (exact) mass is 212 g/mol. The maximum Gasteiger partial charge on any atom is 0.191 e. The van der Waals surface area contributed by atoms with Crippen molar-refractivity contribution in [3.8, 4) is 0 Å². The molecule has 0 saturated carbocycles. The highest BCUT2D eigenvalue weighted by atomic mass is 32.2. The van der Waals surface area contributed by atoms with Gasteiger partial charge in [0.05, 0.1) is 0 Å². The summed E-state index contributed by atoms with van der Waals surface area (Å²) < 4.78 is 0. The van der Waals surface area contributed by atoms with Gasteiger partial charge in [0.25, 0.3) is 0 Å². The molecule has 0 radical (unpaired) electrons. The lowest BCUT2D eigenvalue weighted by Crippen LogP contribution is -2.00. The van der Waals surface area contributed by atoms with Crippen molar-refractivity contribution in [3.63, 3.8) is 0 Å². The van der Waals surface area contributed by atoms with E-state index in [9.17, 15) is 0 Å². The first-order valence-corrected chi connectivity index (χ1v) is 5.10. The minimum atomic E-state index is 0.144. The first-order valence-electron chi connectivity index (χ1n) is 4.12. The second kappa shape index (κ2) is 4.75. The largest absolute Gasteiger partial charge is 0.382 e.